The summed E-state index contributed by atoms with van der Waals surface area (Å²) in [5, 5.41) is 2.23. The Morgan fingerprint density at radius 2 is 2.11 bits per heavy atom. The number of hydrogen-bond donors (Lipinski definition) is 1. The Morgan fingerprint density at radius 1 is 1.42 bits per heavy atom. The largest absolute Gasteiger partial charge is 0.416 e. The van der Waals surface area contributed by atoms with E-state index in [0.717, 1.165) is 18.3 Å². The van der Waals surface area contributed by atoms with E-state index in [1.165, 1.54) is 18.2 Å². The van der Waals surface area contributed by atoms with Crippen LogP contribution in [-0.2, 0) is 11.0 Å². The Kier molecular flexibility index (Phi) is 4.63. The fraction of sp³-hybridized carbons (Fsp3) is 0.0769. The maximum absolute atomic E-state index is 12.5. The van der Waals surface area contributed by atoms with Gasteiger partial charge in [-0.2, -0.15) is 13.2 Å². The molecule has 1 N–H and O–H groups in total. The third-order valence-corrected chi connectivity index (χ3v) is 2.05. The van der Waals surface area contributed by atoms with Gasteiger partial charge in [-0.25, -0.2) is 4.98 Å². The van der Waals surface area contributed by atoms with Gasteiger partial charge in [0.25, 0.3) is 5.91 Å². The summed E-state index contributed by atoms with van der Waals surface area (Å²) in [6.45, 7) is 6.88. The zero-order chi connectivity index (χ0) is 14.5. The highest BCUT2D eigenvalue weighted by atomic mass is 19.4. The summed E-state index contributed by atoms with van der Waals surface area (Å²) in [7, 11) is 0. The van der Waals surface area contributed by atoms with Gasteiger partial charge < -0.3 is 5.32 Å². The fourth-order valence-electron chi connectivity index (χ4n) is 1.13. The van der Waals surface area contributed by atoms with Crippen LogP contribution in [0.15, 0.2) is 55.3 Å². The van der Waals surface area contributed by atoms with Crippen LogP contribution < -0.4 is 5.32 Å². The minimum atomic E-state index is -4.48. The standard InChI is InChI=1S/C13H11F3N2O/c1-3-4-5-9(2)12(19)18-11-8-10(6-7-17-11)13(14,15)16/h3-8H,1-2H2,(H,17,18,19)/b5-4-. The van der Waals surface area contributed by atoms with Crippen LogP contribution >= 0.6 is 0 Å². The topological polar surface area (TPSA) is 42.0 Å². The lowest BCUT2D eigenvalue weighted by atomic mass is 10.2. The van der Waals surface area contributed by atoms with Gasteiger partial charge in [-0.1, -0.05) is 31.4 Å². The van der Waals surface area contributed by atoms with Crippen LogP contribution in [0.1, 0.15) is 5.56 Å². The number of nitrogens with one attached hydrogen (secondary N) is 1. The molecule has 0 saturated heterocycles. The van der Waals surface area contributed by atoms with Crippen molar-refractivity contribution in [2.75, 3.05) is 5.32 Å². The molecule has 1 rings (SSSR count). The van der Waals surface area contributed by atoms with E-state index >= 15 is 0 Å². The van der Waals surface area contributed by atoms with Gasteiger partial charge in [0.2, 0.25) is 0 Å². The van der Waals surface area contributed by atoms with Crippen molar-refractivity contribution in [2.45, 2.75) is 6.18 Å². The molecule has 0 aliphatic rings. The summed E-state index contributed by atoms with van der Waals surface area (Å²) in [6, 6.07) is 1.57. The van der Waals surface area contributed by atoms with Crippen molar-refractivity contribution in [3.63, 3.8) is 0 Å². The number of rotatable bonds is 4. The predicted molar refractivity (Wildman–Crippen MR) is 66.3 cm³/mol. The molecule has 0 saturated carbocycles. The molecule has 0 aromatic carbocycles. The molecule has 0 fully saturated rings. The lowest BCUT2D eigenvalue weighted by molar-refractivity contribution is -0.137. The average Bonchev–Trinajstić information content (AvgIpc) is 2.35. The average molecular weight is 268 g/mol. The molecular weight excluding hydrogens is 257 g/mol. The smallest absolute Gasteiger partial charge is 0.307 e. The molecule has 0 aliphatic carbocycles. The molecule has 0 bridgehead atoms. The monoisotopic (exact) mass is 268 g/mol. The number of carbonyl (C=O) groups excluding carboxylic acids is 1. The number of aromatic nitrogens is 1. The van der Waals surface area contributed by atoms with Crippen molar-refractivity contribution in [3.05, 3.63) is 60.9 Å². The normalized spacial score (nSPS) is 11.3. The first kappa shape index (κ1) is 14.7. The van der Waals surface area contributed by atoms with E-state index in [9.17, 15) is 18.0 Å². The number of pyridine rings is 1. The molecule has 100 valence electrons. The minimum Gasteiger partial charge on any atom is -0.307 e. The van der Waals surface area contributed by atoms with Gasteiger partial charge >= 0.3 is 6.18 Å². The third-order valence-electron chi connectivity index (χ3n) is 2.05. The van der Waals surface area contributed by atoms with Crippen LogP contribution in [0.5, 0.6) is 0 Å². The van der Waals surface area contributed by atoms with Crippen LogP contribution in [-0.4, -0.2) is 10.9 Å². The molecular formula is C13H11F3N2O. The number of carbonyl (C=O) groups is 1. The molecule has 6 heteroatoms. The second-order valence-electron chi connectivity index (χ2n) is 3.50. The van der Waals surface area contributed by atoms with Crippen molar-refractivity contribution in [2.24, 2.45) is 0 Å². The molecule has 1 amide bonds. The highest BCUT2D eigenvalue weighted by Crippen LogP contribution is 2.29. The first-order valence-corrected chi connectivity index (χ1v) is 5.17. The molecule has 1 heterocycles. The maximum Gasteiger partial charge on any atom is 0.416 e. The Hall–Kier alpha value is -2.37. The summed E-state index contributed by atoms with van der Waals surface area (Å²) >= 11 is 0. The van der Waals surface area contributed by atoms with Crippen molar-refractivity contribution in [1.29, 1.82) is 0 Å². The van der Waals surface area contributed by atoms with Gasteiger partial charge in [0.1, 0.15) is 5.82 Å². The zero-order valence-electron chi connectivity index (χ0n) is 9.87. The van der Waals surface area contributed by atoms with E-state index in [0.29, 0.717) is 0 Å². The predicted octanol–water partition coefficient (Wildman–Crippen LogP) is 3.34. The van der Waals surface area contributed by atoms with Gasteiger partial charge in [0.15, 0.2) is 0 Å². The van der Waals surface area contributed by atoms with Gasteiger partial charge in [-0.05, 0) is 12.1 Å². The number of hydrogen-bond acceptors (Lipinski definition) is 2. The van der Waals surface area contributed by atoms with Crippen molar-refractivity contribution < 1.29 is 18.0 Å². The number of nitrogens with zero attached hydrogens (tertiary/aromatic N) is 1. The zero-order valence-corrected chi connectivity index (χ0v) is 9.87. The molecule has 19 heavy (non-hydrogen) atoms. The van der Waals surface area contributed by atoms with Gasteiger partial charge in [-0.3, -0.25) is 4.79 Å². The van der Waals surface area contributed by atoms with Gasteiger partial charge in [0, 0.05) is 11.8 Å². The van der Waals surface area contributed by atoms with E-state index in [1.807, 2.05) is 0 Å². The van der Waals surface area contributed by atoms with E-state index in [1.54, 1.807) is 0 Å². The number of alkyl halides is 3. The summed E-state index contributed by atoms with van der Waals surface area (Å²) in [5.74, 6) is -0.821. The third kappa shape index (κ3) is 4.42. The fourth-order valence-corrected chi connectivity index (χ4v) is 1.13. The quantitative estimate of drug-likeness (QED) is 0.672. The summed E-state index contributed by atoms with van der Waals surface area (Å²) in [5.41, 5.74) is -0.802. The molecule has 1 aromatic rings. The Labute approximate surface area is 108 Å². The number of anilines is 1. The van der Waals surface area contributed by atoms with Crippen LogP contribution in [0.4, 0.5) is 19.0 Å². The lowest BCUT2D eigenvalue weighted by Crippen LogP contribution is -2.14. The van der Waals surface area contributed by atoms with Crippen LogP contribution in [0.3, 0.4) is 0 Å². The van der Waals surface area contributed by atoms with Gasteiger partial charge in [-0.15, -0.1) is 0 Å². The Morgan fingerprint density at radius 3 is 2.68 bits per heavy atom. The first-order chi connectivity index (χ1) is 8.84. The van der Waals surface area contributed by atoms with Crippen LogP contribution in [0, 0.1) is 0 Å². The minimum absolute atomic E-state index is 0.0825. The number of halogens is 3. The molecule has 0 atom stereocenters. The first-order valence-electron chi connectivity index (χ1n) is 5.17. The maximum atomic E-state index is 12.5. The second kappa shape index (κ2) is 5.99. The van der Waals surface area contributed by atoms with E-state index in [2.05, 4.69) is 23.5 Å². The van der Waals surface area contributed by atoms with E-state index in [-0.39, 0.29) is 11.4 Å². The highest BCUT2D eigenvalue weighted by molar-refractivity contribution is 6.04. The van der Waals surface area contributed by atoms with Crippen molar-refractivity contribution >= 4 is 11.7 Å². The summed E-state index contributed by atoms with van der Waals surface area (Å²) < 4.78 is 37.4. The molecule has 0 radical (unpaired) electrons. The van der Waals surface area contributed by atoms with Crippen LogP contribution in [0.25, 0.3) is 0 Å². The molecule has 0 unspecified atom stereocenters. The molecule has 0 spiro atoms. The SMILES string of the molecule is C=C/C=C\C(=C)C(=O)Nc1cc(C(F)(F)F)ccn1. The van der Waals surface area contributed by atoms with Crippen LogP contribution in [0.2, 0.25) is 0 Å². The Balaban J connectivity index is 2.83. The highest BCUT2D eigenvalue weighted by Gasteiger charge is 2.30. The van der Waals surface area contributed by atoms with Gasteiger partial charge in [0.05, 0.1) is 5.56 Å². The Bertz CT molecular complexity index is 533. The second-order valence-corrected chi connectivity index (χ2v) is 3.50. The lowest BCUT2D eigenvalue weighted by Gasteiger charge is -2.08. The molecule has 3 nitrogen and oxygen atoms in total. The summed E-state index contributed by atoms with van der Waals surface area (Å²) in [4.78, 5) is 15.2. The van der Waals surface area contributed by atoms with Crippen molar-refractivity contribution in [3.8, 4) is 0 Å². The number of allylic oxidation sites excluding steroid dienone is 2. The molecule has 1 aromatic heterocycles. The number of amides is 1. The van der Waals surface area contributed by atoms with Crippen molar-refractivity contribution in [1.82, 2.24) is 4.98 Å². The molecule has 0 aliphatic heterocycles. The van der Waals surface area contributed by atoms with E-state index in [4.69, 9.17) is 0 Å². The van der Waals surface area contributed by atoms with E-state index < -0.39 is 17.6 Å². The summed E-state index contributed by atoms with van der Waals surface area (Å²) in [6.07, 6.45) is 0.807.